The Morgan fingerprint density at radius 1 is 1.21 bits per heavy atom. The lowest BCUT2D eigenvalue weighted by molar-refractivity contribution is -0.0502. The highest BCUT2D eigenvalue weighted by Crippen LogP contribution is 2.25. The van der Waals surface area contributed by atoms with Gasteiger partial charge in [0.1, 0.15) is 0 Å². The largest absolute Gasteiger partial charge is 0.505 e. The lowest BCUT2D eigenvalue weighted by Gasteiger charge is -2.36. The molecular weight excluding hydrogens is 371 g/mol. The van der Waals surface area contributed by atoms with E-state index >= 15 is 0 Å². The van der Waals surface area contributed by atoms with Crippen LogP contribution in [0.5, 0.6) is 5.75 Å². The smallest absolute Gasteiger partial charge is 0.194 e. The Labute approximate surface area is 170 Å². The number of fused-ring (bicyclic) bond motifs is 1. The first-order valence-corrected chi connectivity index (χ1v) is 9.96. The Balaban J connectivity index is 1.39. The minimum atomic E-state index is -0.614. The van der Waals surface area contributed by atoms with Gasteiger partial charge in [-0.1, -0.05) is 36.4 Å². The monoisotopic (exact) mass is 398 g/mol. The van der Waals surface area contributed by atoms with Crippen molar-refractivity contribution in [3.63, 3.8) is 0 Å². The average Bonchev–Trinajstić information content (AvgIpc) is 3.17. The molecule has 2 unspecified atom stereocenters. The summed E-state index contributed by atoms with van der Waals surface area (Å²) < 4.78 is 19.6. The molecule has 0 radical (unpaired) electrons. The third-order valence-electron chi connectivity index (χ3n) is 5.62. The minimum absolute atomic E-state index is 0.150. The second-order valence-corrected chi connectivity index (χ2v) is 7.52. The molecule has 154 valence electrons. The number of nitrogens with zero attached hydrogens (tertiary/aromatic N) is 3. The van der Waals surface area contributed by atoms with Gasteiger partial charge in [0.15, 0.2) is 17.5 Å². The summed E-state index contributed by atoms with van der Waals surface area (Å²) in [5, 5.41) is 12.6. The van der Waals surface area contributed by atoms with Crippen molar-refractivity contribution in [2.24, 2.45) is 4.99 Å². The summed E-state index contributed by atoms with van der Waals surface area (Å²) in [4.78, 5) is 9.10. The van der Waals surface area contributed by atoms with Crippen molar-refractivity contribution >= 4 is 5.96 Å². The lowest BCUT2D eigenvalue weighted by Crippen LogP contribution is -2.50. The maximum atomic E-state index is 13.6. The Morgan fingerprint density at radius 3 is 2.79 bits per heavy atom. The second kappa shape index (κ2) is 8.80. The molecule has 4 rings (SSSR count). The van der Waals surface area contributed by atoms with E-state index in [-0.39, 0.29) is 11.9 Å². The Bertz CT molecular complexity index is 861. The fourth-order valence-electron chi connectivity index (χ4n) is 4.12. The molecule has 7 heteroatoms. The summed E-state index contributed by atoms with van der Waals surface area (Å²) in [6.07, 6.45) is 0.150. The van der Waals surface area contributed by atoms with Crippen molar-refractivity contribution < 1.29 is 14.2 Å². The van der Waals surface area contributed by atoms with E-state index in [0.29, 0.717) is 12.6 Å². The number of aliphatic imine (C=N–C) groups is 1. The Kier molecular flexibility index (Phi) is 5.97. The number of rotatable bonds is 4. The molecule has 0 spiro atoms. The molecule has 0 aromatic heterocycles. The summed E-state index contributed by atoms with van der Waals surface area (Å²) >= 11 is 0. The average molecular weight is 398 g/mol. The molecule has 0 amide bonds. The zero-order valence-electron chi connectivity index (χ0n) is 16.6. The Hall–Kier alpha value is -2.64. The van der Waals surface area contributed by atoms with Crippen molar-refractivity contribution in [2.75, 3.05) is 33.3 Å². The number of phenols is 1. The molecule has 2 atom stereocenters. The first-order valence-electron chi connectivity index (χ1n) is 9.96. The van der Waals surface area contributed by atoms with Gasteiger partial charge in [0, 0.05) is 39.8 Å². The molecule has 0 aliphatic carbocycles. The number of nitrogens with one attached hydrogen (secondary N) is 1. The molecule has 2 heterocycles. The number of hydrogen-bond donors (Lipinski definition) is 2. The highest BCUT2D eigenvalue weighted by molar-refractivity contribution is 5.80. The lowest BCUT2D eigenvalue weighted by atomic mass is 10.1. The van der Waals surface area contributed by atoms with Gasteiger partial charge >= 0.3 is 0 Å². The van der Waals surface area contributed by atoms with Gasteiger partial charge in [0.2, 0.25) is 0 Å². The van der Waals surface area contributed by atoms with Crippen LogP contribution in [0.3, 0.4) is 0 Å². The minimum Gasteiger partial charge on any atom is -0.505 e. The number of benzene rings is 2. The van der Waals surface area contributed by atoms with Crippen LogP contribution in [0.2, 0.25) is 0 Å². The van der Waals surface area contributed by atoms with Gasteiger partial charge in [-0.15, -0.1) is 0 Å². The van der Waals surface area contributed by atoms with Crippen LogP contribution >= 0.6 is 0 Å². The van der Waals surface area contributed by atoms with Gasteiger partial charge in [-0.3, -0.25) is 9.89 Å². The van der Waals surface area contributed by atoms with Crippen LogP contribution in [0, 0.1) is 5.82 Å². The number of halogens is 1. The number of aromatic hydroxyl groups is 1. The van der Waals surface area contributed by atoms with E-state index in [1.54, 1.807) is 13.1 Å². The number of morpholine rings is 1. The van der Waals surface area contributed by atoms with E-state index in [0.717, 1.165) is 44.3 Å². The third kappa shape index (κ3) is 4.52. The van der Waals surface area contributed by atoms with E-state index in [2.05, 4.69) is 44.4 Å². The van der Waals surface area contributed by atoms with Crippen LogP contribution in [0.4, 0.5) is 4.39 Å². The molecule has 0 bridgehead atoms. The van der Waals surface area contributed by atoms with Crippen LogP contribution in [-0.4, -0.2) is 66.3 Å². The molecule has 6 nitrogen and oxygen atoms in total. The van der Waals surface area contributed by atoms with Crippen LogP contribution < -0.4 is 5.32 Å². The molecule has 0 saturated carbocycles. The normalized spacial score (nSPS) is 22.6. The molecule has 2 aliphatic rings. The van der Waals surface area contributed by atoms with Crippen molar-refractivity contribution in [3.05, 3.63) is 65.5 Å². The van der Waals surface area contributed by atoms with Crippen LogP contribution in [0.25, 0.3) is 0 Å². The highest BCUT2D eigenvalue weighted by Gasteiger charge is 2.41. The number of likely N-dealkylation sites (tertiary alicyclic amines) is 1. The van der Waals surface area contributed by atoms with Crippen molar-refractivity contribution in [1.29, 1.82) is 0 Å². The van der Waals surface area contributed by atoms with E-state index < -0.39 is 5.82 Å². The number of ether oxygens (including phenoxy) is 1. The van der Waals surface area contributed by atoms with Crippen molar-refractivity contribution in [2.45, 2.75) is 25.2 Å². The van der Waals surface area contributed by atoms with Crippen LogP contribution in [0.15, 0.2) is 53.5 Å². The Morgan fingerprint density at radius 2 is 2.03 bits per heavy atom. The van der Waals surface area contributed by atoms with Gasteiger partial charge in [0.05, 0.1) is 18.8 Å². The topological polar surface area (TPSA) is 60.3 Å². The predicted octanol–water partition coefficient (Wildman–Crippen LogP) is 2.19. The number of hydrogen-bond acceptors (Lipinski definition) is 4. The maximum Gasteiger partial charge on any atom is 0.194 e. The van der Waals surface area contributed by atoms with E-state index in [4.69, 9.17) is 4.74 Å². The first-order chi connectivity index (χ1) is 14.1. The summed E-state index contributed by atoms with van der Waals surface area (Å²) in [6, 6.07) is 15.2. The van der Waals surface area contributed by atoms with Crippen molar-refractivity contribution in [1.82, 2.24) is 15.1 Å². The van der Waals surface area contributed by atoms with E-state index in [1.165, 1.54) is 17.7 Å². The standard InChI is InChI=1S/C22H27FN4O2/c1-24-22(25-12-17-7-8-20(28)18(23)11-17)27-14-19-21(15-27)29-10-9-26(19)13-16-5-3-2-4-6-16/h2-8,11,19,21,28H,9-10,12-15H2,1H3,(H,24,25). The maximum absolute atomic E-state index is 13.6. The summed E-state index contributed by atoms with van der Waals surface area (Å²) in [7, 11) is 1.75. The molecule has 2 aromatic carbocycles. The SMILES string of the molecule is CN=C(NCc1ccc(O)c(F)c1)N1CC2OCCN(Cc3ccccc3)C2C1. The highest BCUT2D eigenvalue weighted by atomic mass is 19.1. The van der Waals surface area contributed by atoms with Gasteiger partial charge in [-0.2, -0.15) is 0 Å². The second-order valence-electron chi connectivity index (χ2n) is 7.52. The molecule has 2 fully saturated rings. The summed E-state index contributed by atoms with van der Waals surface area (Å²) in [6.45, 7) is 4.62. The third-order valence-corrected chi connectivity index (χ3v) is 5.62. The zero-order chi connectivity index (χ0) is 20.2. The van der Waals surface area contributed by atoms with Crippen molar-refractivity contribution in [3.8, 4) is 5.75 Å². The predicted molar refractivity (Wildman–Crippen MR) is 110 cm³/mol. The number of phenolic OH excluding ortho intramolecular Hbond substituents is 1. The van der Waals surface area contributed by atoms with Gasteiger partial charge in [0.25, 0.3) is 0 Å². The van der Waals surface area contributed by atoms with Gasteiger partial charge in [-0.25, -0.2) is 4.39 Å². The van der Waals surface area contributed by atoms with Crippen LogP contribution in [-0.2, 0) is 17.8 Å². The summed E-state index contributed by atoms with van der Waals surface area (Å²) in [5.74, 6) is -0.176. The molecule has 2 N–H and O–H groups in total. The molecule has 2 aromatic rings. The fraction of sp³-hybridized carbons (Fsp3) is 0.409. The quantitative estimate of drug-likeness (QED) is 0.611. The zero-order valence-corrected chi connectivity index (χ0v) is 16.6. The molecular formula is C22H27FN4O2. The molecule has 2 saturated heterocycles. The fourth-order valence-corrected chi connectivity index (χ4v) is 4.12. The summed E-state index contributed by atoms with van der Waals surface area (Å²) in [5.41, 5.74) is 2.06. The molecule has 29 heavy (non-hydrogen) atoms. The van der Waals surface area contributed by atoms with E-state index in [9.17, 15) is 9.50 Å². The first kappa shape index (κ1) is 19.7. The van der Waals surface area contributed by atoms with Crippen LogP contribution in [0.1, 0.15) is 11.1 Å². The van der Waals surface area contributed by atoms with E-state index in [1.807, 2.05) is 6.07 Å². The van der Waals surface area contributed by atoms with Gasteiger partial charge < -0.3 is 20.1 Å². The van der Waals surface area contributed by atoms with Gasteiger partial charge in [-0.05, 0) is 23.3 Å². The number of guanidine groups is 1. The molecule has 2 aliphatic heterocycles.